The molecule has 0 radical (unpaired) electrons. The van der Waals surface area contributed by atoms with E-state index in [1.54, 1.807) is 36.4 Å². The lowest BCUT2D eigenvalue weighted by Gasteiger charge is -2.37. The van der Waals surface area contributed by atoms with E-state index >= 15 is 0 Å². The Morgan fingerprint density at radius 1 is 1.06 bits per heavy atom. The van der Waals surface area contributed by atoms with Crippen LogP contribution in [0.15, 0.2) is 36.4 Å². The number of hydrogen-bond donors (Lipinski definition) is 1. The summed E-state index contributed by atoms with van der Waals surface area (Å²) in [5.41, 5.74) is -0.706. The van der Waals surface area contributed by atoms with Gasteiger partial charge in [0.15, 0.2) is 29.6 Å². The van der Waals surface area contributed by atoms with Crippen LogP contribution in [0.3, 0.4) is 0 Å². The fourth-order valence-electron chi connectivity index (χ4n) is 3.58. The maximum atomic E-state index is 14.3. The molecule has 1 aliphatic heterocycles. The van der Waals surface area contributed by atoms with E-state index < -0.39 is 58.9 Å². The van der Waals surface area contributed by atoms with Gasteiger partial charge in [-0.1, -0.05) is 30.4 Å². The Bertz CT molecular complexity index is 1010. The Morgan fingerprint density at radius 2 is 1.70 bits per heavy atom. The van der Waals surface area contributed by atoms with Gasteiger partial charge in [-0.3, -0.25) is 4.79 Å². The average molecular weight is 472 g/mol. The molecule has 1 N–H and O–H groups in total. The number of carboxylic acids is 1. The Hall–Kier alpha value is -2.98. The summed E-state index contributed by atoms with van der Waals surface area (Å²) in [6.45, 7) is -0.129. The van der Waals surface area contributed by atoms with E-state index in [4.69, 9.17) is 19.3 Å². The first kappa shape index (κ1) is 24.7. The smallest absolute Gasteiger partial charge is 0.303 e. The van der Waals surface area contributed by atoms with Crippen LogP contribution >= 0.6 is 0 Å². The van der Waals surface area contributed by atoms with E-state index in [9.17, 15) is 26.7 Å². The molecule has 0 aliphatic carbocycles. The molecular formula is C23H21F5O5. The molecule has 1 fully saturated rings. The van der Waals surface area contributed by atoms with Gasteiger partial charge in [0.1, 0.15) is 5.75 Å². The first-order valence-corrected chi connectivity index (χ1v) is 10.0. The zero-order chi connectivity index (χ0) is 24.1. The number of carboxylic acid groups (broad SMARTS) is 1. The fraction of sp³-hybridized carbons (Fsp3) is 0.348. The first-order chi connectivity index (χ1) is 15.8. The summed E-state index contributed by atoms with van der Waals surface area (Å²) in [7, 11) is 1.42. The van der Waals surface area contributed by atoms with Crippen LogP contribution in [0.1, 0.15) is 42.8 Å². The van der Waals surface area contributed by atoms with Crippen LogP contribution in [0.25, 0.3) is 0 Å². The molecule has 33 heavy (non-hydrogen) atoms. The largest absolute Gasteiger partial charge is 0.496 e. The van der Waals surface area contributed by atoms with Crippen molar-refractivity contribution >= 4 is 5.97 Å². The van der Waals surface area contributed by atoms with Crippen molar-refractivity contribution in [3.63, 3.8) is 0 Å². The molecule has 5 nitrogen and oxygen atoms in total. The second kappa shape index (κ2) is 10.8. The van der Waals surface area contributed by atoms with Crippen molar-refractivity contribution in [2.75, 3.05) is 13.7 Å². The lowest BCUT2D eigenvalue weighted by atomic mass is 9.91. The minimum absolute atomic E-state index is 0.0492. The van der Waals surface area contributed by atoms with Gasteiger partial charge in [-0.05, 0) is 18.9 Å². The summed E-state index contributed by atoms with van der Waals surface area (Å²) in [6, 6.07) is 6.68. The summed E-state index contributed by atoms with van der Waals surface area (Å²) in [6.07, 6.45) is 1.26. The second-order valence-electron chi connectivity index (χ2n) is 7.35. The highest BCUT2D eigenvalue weighted by Crippen LogP contribution is 2.44. The average Bonchev–Trinajstić information content (AvgIpc) is 2.81. The van der Waals surface area contributed by atoms with Gasteiger partial charge in [0.25, 0.3) is 0 Å². The van der Waals surface area contributed by atoms with Crippen LogP contribution in [-0.2, 0) is 14.3 Å². The van der Waals surface area contributed by atoms with E-state index in [0.717, 1.165) is 0 Å². The number of methoxy groups -OCH3 is 1. The standard InChI is InChI=1S/C23H21F5O5/c1-31-14-9-6-5-8-13(14)22-12(7-3-2-4-10-15(29)30)11-32-23(33-22)16-17(24)19(26)21(28)20(27)18(16)25/h2-3,5-6,8-9,12,22-23H,4,7,10-11H2,1H3,(H,29,30)/t12-,22+,23+/m1/s1. The van der Waals surface area contributed by atoms with Crippen LogP contribution in [0, 0.1) is 35.0 Å². The molecule has 2 aromatic carbocycles. The minimum Gasteiger partial charge on any atom is -0.496 e. The van der Waals surface area contributed by atoms with Crippen molar-refractivity contribution in [1.82, 2.24) is 0 Å². The zero-order valence-electron chi connectivity index (χ0n) is 17.5. The zero-order valence-corrected chi connectivity index (χ0v) is 17.5. The third kappa shape index (κ3) is 5.33. The normalized spacial score (nSPS) is 20.8. The van der Waals surface area contributed by atoms with Gasteiger partial charge < -0.3 is 19.3 Å². The Morgan fingerprint density at radius 3 is 2.33 bits per heavy atom. The lowest BCUT2D eigenvalue weighted by molar-refractivity contribution is -0.246. The van der Waals surface area contributed by atoms with Gasteiger partial charge in [-0.25, -0.2) is 22.0 Å². The summed E-state index contributed by atoms with van der Waals surface area (Å²) in [5, 5.41) is 8.72. The summed E-state index contributed by atoms with van der Waals surface area (Å²) < 4.78 is 86.1. The third-order valence-electron chi connectivity index (χ3n) is 5.22. The summed E-state index contributed by atoms with van der Waals surface area (Å²) >= 11 is 0. The minimum atomic E-state index is -2.27. The molecule has 0 spiro atoms. The van der Waals surface area contributed by atoms with Crippen molar-refractivity contribution in [3.8, 4) is 5.75 Å². The fourth-order valence-corrected chi connectivity index (χ4v) is 3.58. The predicted octanol–water partition coefficient (Wildman–Crippen LogP) is 5.60. The number of hydrogen-bond acceptors (Lipinski definition) is 4. The second-order valence-corrected chi connectivity index (χ2v) is 7.35. The Balaban J connectivity index is 1.93. The van der Waals surface area contributed by atoms with Crippen LogP contribution in [0.5, 0.6) is 5.75 Å². The van der Waals surface area contributed by atoms with Gasteiger partial charge in [0.2, 0.25) is 5.82 Å². The topological polar surface area (TPSA) is 65.0 Å². The molecule has 0 bridgehead atoms. The van der Waals surface area contributed by atoms with E-state index in [1.165, 1.54) is 7.11 Å². The molecule has 0 aromatic heterocycles. The lowest BCUT2D eigenvalue weighted by Crippen LogP contribution is -2.32. The highest BCUT2D eigenvalue weighted by Gasteiger charge is 2.39. The summed E-state index contributed by atoms with van der Waals surface area (Å²) in [4.78, 5) is 10.6. The highest BCUT2D eigenvalue weighted by atomic mass is 19.2. The van der Waals surface area contributed by atoms with Crippen LogP contribution in [-0.4, -0.2) is 24.8 Å². The molecule has 0 saturated carbocycles. The van der Waals surface area contributed by atoms with Gasteiger partial charge >= 0.3 is 5.97 Å². The molecule has 0 amide bonds. The summed E-state index contributed by atoms with van der Waals surface area (Å²) in [5.74, 6) is -11.5. The number of para-hydroxylation sites is 1. The number of benzene rings is 2. The van der Waals surface area contributed by atoms with E-state index in [-0.39, 0.29) is 13.0 Å². The van der Waals surface area contributed by atoms with Gasteiger partial charge in [-0.15, -0.1) is 0 Å². The van der Waals surface area contributed by atoms with Gasteiger partial charge in [0, 0.05) is 17.9 Å². The van der Waals surface area contributed by atoms with Crippen molar-refractivity contribution in [3.05, 3.63) is 76.6 Å². The maximum Gasteiger partial charge on any atom is 0.303 e. The first-order valence-electron chi connectivity index (χ1n) is 10.0. The van der Waals surface area contributed by atoms with E-state index in [0.29, 0.717) is 24.2 Å². The van der Waals surface area contributed by atoms with E-state index in [2.05, 4.69) is 0 Å². The van der Waals surface area contributed by atoms with Crippen LogP contribution in [0.2, 0.25) is 0 Å². The van der Waals surface area contributed by atoms with E-state index in [1.807, 2.05) is 0 Å². The molecule has 1 saturated heterocycles. The highest BCUT2D eigenvalue weighted by molar-refractivity contribution is 5.66. The Kier molecular flexibility index (Phi) is 8.04. The van der Waals surface area contributed by atoms with Crippen LogP contribution in [0.4, 0.5) is 22.0 Å². The van der Waals surface area contributed by atoms with Crippen molar-refractivity contribution in [2.24, 2.45) is 5.92 Å². The number of rotatable bonds is 8. The molecule has 3 atom stereocenters. The number of halogens is 5. The van der Waals surface area contributed by atoms with Crippen molar-refractivity contribution < 1.29 is 46.1 Å². The molecule has 2 aromatic rings. The molecule has 10 heteroatoms. The monoisotopic (exact) mass is 472 g/mol. The molecule has 3 rings (SSSR count). The van der Waals surface area contributed by atoms with Crippen LogP contribution < -0.4 is 4.74 Å². The number of allylic oxidation sites excluding steroid dienone is 2. The van der Waals surface area contributed by atoms with Gasteiger partial charge in [-0.2, -0.15) is 0 Å². The maximum absolute atomic E-state index is 14.3. The Labute approximate surface area is 186 Å². The molecule has 1 heterocycles. The quantitative estimate of drug-likeness (QED) is 0.234. The molecular weight excluding hydrogens is 451 g/mol. The molecule has 178 valence electrons. The number of carbonyl (C=O) groups is 1. The van der Waals surface area contributed by atoms with Gasteiger partial charge in [0.05, 0.1) is 25.4 Å². The SMILES string of the molecule is COc1ccccc1[C@H]1O[C@@H](c2c(F)c(F)c(F)c(F)c2F)OC[C@H]1CC=CCCC(=O)O. The number of ether oxygens (including phenoxy) is 3. The molecule has 0 unspecified atom stereocenters. The third-order valence-corrected chi connectivity index (χ3v) is 5.22. The molecule has 1 aliphatic rings. The van der Waals surface area contributed by atoms with Crippen molar-refractivity contribution in [1.29, 1.82) is 0 Å². The van der Waals surface area contributed by atoms with Crippen molar-refractivity contribution in [2.45, 2.75) is 31.7 Å². The predicted molar refractivity (Wildman–Crippen MR) is 106 cm³/mol. The number of aliphatic carboxylic acids is 1.